The van der Waals surface area contributed by atoms with Crippen LogP contribution in [0.4, 0.5) is 5.69 Å². The van der Waals surface area contributed by atoms with E-state index in [0.717, 1.165) is 10.0 Å². The third-order valence-electron chi connectivity index (χ3n) is 2.82. The van der Waals surface area contributed by atoms with E-state index in [2.05, 4.69) is 21.2 Å². The molecule has 0 unspecified atom stereocenters. The number of hydrogen-bond acceptors (Lipinski definition) is 3. The Balaban J connectivity index is 2.22. The number of nitrogens with two attached hydrogens (primary N) is 1. The second kappa shape index (κ2) is 6.43. The number of nitrogen functional groups attached to an aromatic ring is 1. The van der Waals surface area contributed by atoms with Gasteiger partial charge in [-0.1, -0.05) is 34.1 Å². The lowest BCUT2D eigenvalue weighted by molar-refractivity contribution is 0.0958. The third-order valence-corrected chi connectivity index (χ3v) is 3.59. The highest BCUT2D eigenvalue weighted by Crippen LogP contribution is 2.24. The molecule has 0 saturated heterocycles. The first-order valence-corrected chi connectivity index (χ1v) is 6.89. The van der Waals surface area contributed by atoms with Crippen molar-refractivity contribution < 1.29 is 9.53 Å². The van der Waals surface area contributed by atoms with Crippen LogP contribution >= 0.6 is 15.9 Å². The summed E-state index contributed by atoms with van der Waals surface area (Å²) in [4.78, 5) is 11.8. The molecule has 0 aliphatic rings. The van der Waals surface area contributed by atoms with E-state index in [0.29, 0.717) is 23.6 Å². The van der Waals surface area contributed by atoms with Crippen LogP contribution in [-0.2, 0) is 6.61 Å². The van der Waals surface area contributed by atoms with Crippen molar-refractivity contribution in [1.29, 1.82) is 0 Å². The quantitative estimate of drug-likeness (QED) is 0.845. The van der Waals surface area contributed by atoms with Gasteiger partial charge in [0.05, 0.1) is 5.56 Å². The summed E-state index contributed by atoms with van der Waals surface area (Å²) in [5.74, 6) is 0.271. The van der Waals surface area contributed by atoms with Gasteiger partial charge in [0.25, 0.3) is 5.91 Å². The number of rotatable bonds is 4. The van der Waals surface area contributed by atoms with E-state index >= 15 is 0 Å². The maximum Gasteiger partial charge on any atom is 0.254 e. The van der Waals surface area contributed by atoms with E-state index in [1.165, 1.54) is 0 Å². The van der Waals surface area contributed by atoms with Gasteiger partial charge in [-0.25, -0.2) is 0 Å². The molecule has 0 heterocycles. The van der Waals surface area contributed by atoms with Gasteiger partial charge in [-0.15, -0.1) is 0 Å². The first-order valence-electron chi connectivity index (χ1n) is 6.09. The molecule has 0 fully saturated rings. The fraction of sp³-hybridized carbons (Fsp3) is 0.133. The predicted octanol–water partition coefficient (Wildman–Crippen LogP) is 2.97. The van der Waals surface area contributed by atoms with Crippen LogP contribution in [0.15, 0.2) is 46.9 Å². The Morgan fingerprint density at radius 1 is 1.30 bits per heavy atom. The maximum absolute atomic E-state index is 11.8. The minimum atomic E-state index is -0.202. The minimum absolute atomic E-state index is 0.202. The Hall–Kier alpha value is -2.01. The van der Waals surface area contributed by atoms with Crippen molar-refractivity contribution in [3.05, 3.63) is 58.1 Å². The molecule has 0 spiro atoms. The molecule has 2 aromatic carbocycles. The summed E-state index contributed by atoms with van der Waals surface area (Å²) in [6, 6.07) is 12.8. The number of hydrogen-bond donors (Lipinski definition) is 2. The summed E-state index contributed by atoms with van der Waals surface area (Å²) in [6.07, 6.45) is 0. The fourth-order valence-electron chi connectivity index (χ4n) is 1.75. The smallest absolute Gasteiger partial charge is 0.254 e. The van der Waals surface area contributed by atoms with E-state index in [9.17, 15) is 4.79 Å². The SMILES string of the molecule is CNC(=O)c1ccc(N)cc1OCc1ccccc1Br. The molecule has 20 heavy (non-hydrogen) atoms. The number of carbonyl (C=O) groups is 1. The lowest BCUT2D eigenvalue weighted by Crippen LogP contribution is -2.19. The number of carbonyl (C=O) groups excluding carboxylic acids is 1. The van der Waals surface area contributed by atoms with Gasteiger partial charge >= 0.3 is 0 Å². The first kappa shape index (κ1) is 14.4. The van der Waals surface area contributed by atoms with Gasteiger partial charge in [-0.2, -0.15) is 0 Å². The Kier molecular flexibility index (Phi) is 4.63. The molecule has 0 atom stereocenters. The Labute approximate surface area is 126 Å². The van der Waals surface area contributed by atoms with E-state index < -0.39 is 0 Å². The highest BCUT2D eigenvalue weighted by Gasteiger charge is 2.12. The van der Waals surface area contributed by atoms with Crippen LogP contribution in [0.2, 0.25) is 0 Å². The highest BCUT2D eigenvalue weighted by molar-refractivity contribution is 9.10. The molecule has 2 aromatic rings. The Morgan fingerprint density at radius 3 is 2.75 bits per heavy atom. The van der Waals surface area contributed by atoms with Gasteiger partial charge in [0.2, 0.25) is 0 Å². The number of anilines is 1. The van der Waals surface area contributed by atoms with E-state index in [1.807, 2.05) is 24.3 Å². The lowest BCUT2D eigenvalue weighted by atomic mass is 10.1. The van der Waals surface area contributed by atoms with Crippen molar-refractivity contribution >= 4 is 27.5 Å². The summed E-state index contributed by atoms with van der Waals surface area (Å²) in [6.45, 7) is 0.356. The third kappa shape index (κ3) is 3.30. The summed E-state index contributed by atoms with van der Waals surface area (Å²) < 4.78 is 6.70. The fourth-order valence-corrected chi connectivity index (χ4v) is 2.15. The van der Waals surface area contributed by atoms with Gasteiger partial charge in [-0.3, -0.25) is 4.79 Å². The summed E-state index contributed by atoms with van der Waals surface area (Å²) in [5.41, 5.74) is 7.77. The molecule has 1 amide bonds. The van der Waals surface area contributed by atoms with Crippen LogP contribution in [0.5, 0.6) is 5.75 Å². The Morgan fingerprint density at radius 2 is 2.05 bits per heavy atom. The zero-order valence-corrected chi connectivity index (χ0v) is 12.6. The van der Waals surface area contributed by atoms with Crippen molar-refractivity contribution in [3.8, 4) is 5.75 Å². The molecule has 0 bridgehead atoms. The van der Waals surface area contributed by atoms with Crippen LogP contribution < -0.4 is 15.8 Å². The topological polar surface area (TPSA) is 64.4 Å². The number of ether oxygens (including phenoxy) is 1. The van der Waals surface area contributed by atoms with Gasteiger partial charge in [0.15, 0.2) is 0 Å². The number of amides is 1. The van der Waals surface area contributed by atoms with Gasteiger partial charge < -0.3 is 15.8 Å². The van der Waals surface area contributed by atoms with Crippen LogP contribution in [0, 0.1) is 0 Å². The second-order valence-corrected chi connectivity index (χ2v) is 5.07. The van der Waals surface area contributed by atoms with E-state index in [4.69, 9.17) is 10.5 Å². The first-order chi connectivity index (χ1) is 9.61. The molecule has 0 aliphatic carbocycles. The van der Waals surface area contributed by atoms with E-state index in [-0.39, 0.29) is 5.91 Å². The van der Waals surface area contributed by atoms with Gasteiger partial charge in [-0.05, 0) is 18.2 Å². The molecule has 0 aliphatic heterocycles. The minimum Gasteiger partial charge on any atom is -0.488 e. The zero-order valence-electron chi connectivity index (χ0n) is 11.0. The highest BCUT2D eigenvalue weighted by atomic mass is 79.9. The van der Waals surface area contributed by atoms with Crippen LogP contribution in [0.1, 0.15) is 15.9 Å². The lowest BCUT2D eigenvalue weighted by Gasteiger charge is -2.12. The van der Waals surface area contributed by atoms with Crippen molar-refractivity contribution in [2.45, 2.75) is 6.61 Å². The van der Waals surface area contributed by atoms with Crippen molar-refractivity contribution in [1.82, 2.24) is 5.32 Å². The van der Waals surface area contributed by atoms with Crippen LogP contribution in [0.3, 0.4) is 0 Å². The summed E-state index contributed by atoms with van der Waals surface area (Å²) in [7, 11) is 1.58. The average molecular weight is 335 g/mol. The monoisotopic (exact) mass is 334 g/mol. The van der Waals surface area contributed by atoms with Gasteiger partial charge in [0, 0.05) is 28.8 Å². The van der Waals surface area contributed by atoms with Crippen molar-refractivity contribution in [2.75, 3.05) is 12.8 Å². The molecule has 104 valence electrons. The molecular weight excluding hydrogens is 320 g/mol. The number of nitrogens with one attached hydrogen (secondary N) is 1. The summed E-state index contributed by atoms with van der Waals surface area (Å²) in [5, 5.41) is 2.58. The largest absolute Gasteiger partial charge is 0.488 e. The molecule has 0 radical (unpaired) electrons. The molecule has 0 aromatic heterocycles. The molecule has 5 heteroatoms. The maximum atomic E-state index is 11.8. The molecule has 2 rings (SSSR count). The normalized spacial score (nSPS) is 10.1. The van der Waals surface area contributed by atoms with Crippen molar-refractivity contribution in [2.24, 2.45) is 0 Å². The second-order valence-electron chi connectivity index (χ2n) is 4.21. The Bertz CT molecular complexity index is 629. The molecular formula is C15H15BrN2O2. The predicted molar refractivity (Wildman–Crippen MR) is 82.7 cm³/mol. The average Bonchev–Trinajstić information content (AvgIpc) is 2.46. The van der Waals surface area contributed by atoms with Crippen LogP contribution in [-0.4, -0.2) is 13.0 Å². The van der Waals surface area contributed by atoms with Crippen LogP contribution in [0.25, 0.3) is 0 Å². The molecule has 0 saturated carbocycles. The molecule has 3 N–H and O–H groups in total. The standard InChI is InChI=1S/C15H15BrN2O2/c1-18-15(19)12-7-6-11(17)8-14(12)20-9-10-4-2-3-5-13(10)16/h2-8H,9,17H2,1H3,(H,18,19). The zero-order chi connectivity index (χ0) is 14.5. The summed E-state index contributed by atoms with van der Waals surface area (Å²) >= 11 is 3.46. The van der Waals surface area contributed by atoms with Gasteiger partial charge in [0.1, 0.15) is 12.4 Å². The molecule has 4 nitrogen and oxygen atoms in total. The van der Waals surface area contributed by atoms with Crippen molar-refractivity contribution in [3.63, 3.8) is 0 Å². The number of benzene rings is 2. The number of halogens is 1. The van der Waals surface area contributed by atoms with E-state index in [1.54, 1.807) is 25.2 Å².